The maximum atomic E-state index is 12.2. The van der Waals surface area contributed by atoms with E-state index in [9.17, 15) is 9.59 Å². The van der Waals surface area contributed by atoms with E-state index in [4.69, 9.17) is 9.47 Å². The zero-order valence-electron chi connectivity index (χ0n) is 12.6. The van der Waals surface area contributed by atoms with Gasteiger partial charge in [0.15, 0.2) is 5.41 Å². The molecule has 3 saturated carbocycles. The van der Waals surface area contributed by atoms with E-state index in [0.29, 0.717) is 30.1 Å². The van der Waals surface area contributed by atoms with Crippen molar-refractivity contribution in [1.82, 2.24) is 0 Å². The van der Waals surface area contributed by atoms with Gasteiger partial charge in [0.2, 0.25) is 0 Å². The van der Waals surface area contributed by atoms with Crippen molar-refractivity contribution in [3.63, 3.8) is 0 Å². The summed E-state index contributed by atoms with van der Waals surface area (Å²) in [5, 5.41) is 0. The van der Waals surface area contributed by atoms with Gasteiger partial charge in [-0.2, -0.15) is 0 Å². The Hall–Kier alpha value is -1.06. The summed E-state index contributed by atoms with van der Waals surface area (Å²) in [6.45, 7) is 2.36. The van der Waals surface area contributed by atoms with E-state index in [1.54, 1.807) is 0 Å². The van der Waals surface area contributed by atoms with Gasteiger partial charge in [0.1, 0.15) is 0 Å². The number of ether oxygens (including phenoxy) is 2. The Balaban J connectivity index is 1.91. The Morgan fingerprint density at radius 2 is 1.75 bits per heavy atom. The zero-order valence-corrected chi connectivity index (χ0v) is 12.6. The molecule has 0 heterocycles. The van der Waals surface area contributed by atoms with Crippen LogP contribution in [0.2, 0.25) is 0 Å². The normalized spacial score (nSPS) is 41.0. The number of hydrogen-bond acceptors (Lipinski definition) is 4. The first kappa shape index (κ1) is 13.9. The molecule has 3 rings (SSSR count). The fraction of sp³-hybridized carbons (Fsp3) is 0.875. The Morgan fingerprint density at radius 1 is 1.10 bits per heavy atom. The van der Waals surface area contributed by atoms with Crippen LogP contribution in [0.15, 0.2) is 0 Å². The zero-order chi connectivity index (χ0) is 14.5. The molecule has 4 unspecified atom stereocenters. The highest BCUT2D eigenvalue weighted by atomic mass is 16.5. The van der Waals surface area contributed by atoms with Gasteiger partial charge in [-0.25, -0.2) is 0 Å². The number of rotatable bonds is 2. The molecular formula is C16H24O4. The van der Waals surface area contributed by atoms with Crippen molar-refractivity contribution in [2.24, 2.45) is 28.6 Å². The van der Waals surface area contributed by atoms with Crippen molar-refractivity contribution < 1.29 is 19.1 Å². The predicted molar refractivity (Wildman–Crippen MR) is 72.7 cm³/mol. The first-order chi connectivity index (χ1) is 9.48. The largest absolute Gasteiger partial charge is 0.468 e. The lowest BCUT2D eigenvalue weighted by Gasteiger charge is -2.33. The van der Waals surface area contributed by atoms with E-state index in [0.717, 1.165) is 12.3 Å². The van der Waals surface area contributed by atoms with Gasteiger partial charge in [-0.3, -0.25) is 9.59 Å². The molecule has 0 spiro atoms. The molecule has 0 amide bonds. The van der Waals surface area contributed by atoms with Crippen molar-refractivity contribution in [1.29, 1.82) is 0 Å². The molecule has 4 heteroatoms. The molecule has 0 radical (unpaired) electrons. The van der Waals surface area contributed by atoms with Gasteiger partial charge in [-0.05, 0) is 55.3 Å². The lowest BCUT2D eigenvalue weighted by atomic mass is 9.71. The molecule has 4 nitrogen and oxygen atoms in total. The van der Waals surface area contributed by atoms with Crippen molar-refractivity contribution in [2.75, 3.05) is 14.2 Å². The molecule has 20 heavy (non-hydrogen) atoms. The maximum Gasteiger partial charge on any atom is 0.323 e. The third-order valence-electron chi connectivity index (χ3n) is 6.54. The number of carbonyl (C=O) groups is 2. The molecule has 3 aliphatic rings. The predicted octanol–water partition coefficient (Wildman–Crippen LogP) is 2.56. The van der Waals surface area contributed by atoms with Gasteiger partial charge in [0, 0.05) is 0 Å². The van der Waals surface area contributed by atoms with Crippen LogP contribution in [0.5, 0.6) is 0 Å². The topological polar surface area (TPSA) is 52.6 Å². The second-order valence-electron chi connectivity index (χ2n) is 7.17. The van der Waals surface area contributed by atoms with Crippen LogP contribution in [-0.4, -0.2) is 26.2 Å². The number of carbonyl (C=O) groups excluding carboxylic acids is 2. The molecule has 0 N–H and O–H groups in total. The second kappa shape index (κ2) is 4.47. The Labute approximate surface area is 120 Å². The van der Waals surface area contributed by atoms with Gasteiger partial charge in [0.25, 0.3) is 0 Å². The highest BCUT2D eigenvalue weighted by molar-refractivity contribution is 6.00. The van der Waals surface area contributed by atoms with Crippen LogP contribution in [0, 0.1) is 28.6 Å². The van der Waals surface area contributed by atoms with E-state index in [1.165, 1.54) is 33.5 Å². The van der Waals surface area contributed by atoms with Crippen LogP contribution in [0.1, 0.15) is 45.4 Å². The highest BCUT2D eigenvalue weighted by Gasteiger charge is 2.65. The van der Waals surface area contributed by atoms with Crippen LogP contribution in [0.4, 0.5) is 0 Å². The number of fused-ring (bicyclic) bond motifs is 3. The van der Waals surface area contributed by atoms with Crippen LogP contribution in [0.3, 0.4) is 0 Å². The number of hydrogen-bond donors (Lipinski definition) is 0. The summed E-state index contributed by atoms with van der Waals surface area (Å²) >= 11 is 0. The van der Waals surface area contributed by atoms with Crippen molar-refractivity contribution >= 4 is 11.9 Å². The van der Waals surface area contributed by atoms with Gasteiger partial charge in [0.05, 0.1) is 14.2 Å². The van der Waals surface area contributed by atoms with Gasteiger partial charge < -0.3 is 9.47 Å². The van der Waals surface area contributed by atoms with Crippen molar-refractivity contribution in [3.8, 4) is 0 Å². The van der Waals surface area contributed by atoms with Crippen LogP contribution < -0.4 is 0 Å². The third-order valence-corrected chi connectivity index (χ3v) is 6.54. The molecule has 0 saturated heterocycles. The molecule has 3 aliphatic carbocycles. The maximum absolute atomic E-state index is 12.2. The monoisotopic (exact) mass is 280 g/mol. The number of methoxy groups -OCH3 is 2. The minimum atomic E-state index is -1.05. The van der Waals surface area contributed by atoms with E-state index in [1.807, 2.05) is 0 Å². The van der Waals surface area contributed by atoms with Crippen molar-refractivity contribution in [3.05, 3.63) is 0 Å². The van der Waals surface area contributed by atoms with Gasteiger partial charge >= 0.3 is 11.9 Å². The molecule has 112 valence electrons. The second-order valence-corrected chi connectivity index (χ2v) is 7.17. The fourth-order valence-electron chi connectivity index (χ4n) is 5.55. The summed E-state index contributed by atoms with van der Waals surface area (Å²) in [5.41, 5.74) is -0.732. The SMILES string of the molecule is COC(=O)C1(C(=O)OC)CC2CC3CCCC3(C)C2C1. The van der Waals surface area contributed by atoms with E-state index < -0.39 is 17.4 Å². The summed E-state index contributed by atoms with van der Waals surface area (Å²) in [4.78, 5) is 24.5. The standard InChI is InChI=1S/C16H24O4/c1-15-6-4-5-11(15)7-10-8-16(9-12(10)15,13(17)19-2)14(18)20-3/h10-12H,4-9H2,1-3H3. The Kier molecular flexibility index (Phi) is 3.11. The van der Waals surface area contributed by atoms with Crippen LogP contribution in [0.25, 0.3) is 0 Å². The summed E-state index contributed by atoms with van der Waals surface area (Å²) in [6.07, 6.45) is 6.22. The lowest BCUT2D eigenvalue weighted by molar-refractivity contribution is -0.169. The molecule has 4 atom stereocenters. The molecule has 0 bridgehead atoms. The summed E-state index contributed by atoms with van der Waals surface area (Å²) in [6, 6.07) is 0. The molecular weight excluding hydrogens is 256 g/mol. The first-order valence-electron chi connectivity index (χ1n) is 7.65. The molecule has 3 fully saturated rings. The quantitative estimate of drug-likeness (QED) is 0.576. The highest BCUT2D eigenvalue weighted by Crippen LogP contribution is 2.67. The first-order valence-corrected chi connectivity index (χ1v) is 7.65. The third kappa shape index (κ3) is 1.60. The average Bonchev–Trinajstić information content (AvgIpc) is 3.06. The van der Waals surface area contributed by atoms with Crippen LogP contribution >= 0.6 is 0 Å². The van der Waals surface area contributed by atoms with Crippen molar-refractivity contribution in [2.45, 2.75) is 45.4 Å². The van der Waals surface area contributed by atoms with E-state index in [2.05, 4.69) is 6.92 Å². The van der Waals surface area contributed by atoms with E-state index in [-0.39, 0.29) is 0 Å². The van der Waals surface area contributed by atoms with Gasteiger partial charge in [-0.15, -0.1) is 0 Å². The fourth-order valence-corrected chi connectivity index (χ4v) is 5.55. The lowest BCUT2D eigenvalue weighted by Crippen LogP contribution is -2.40. The summed E-state index contributed by atoms with van der Waals surface area (Å²) in [7, 11) is 2.72. The number of esters is 2. The minimum absolute atomic E-state index is 0.314. The van der Waals surface area contributed by atoms with Crippen LogP contribution in [-0.2, 0) is 19.1 Å². The Bertz CT molecular complexity index is 428. The summed E-state index contributed by atoms with van der Waals surface area (Å²) < 4.78 is 9.86. The molecule has 0 aliphatic heterocycles. The minimum Gasteiger partial charge on any atom is -0.468 e. The molecule has 0 aromatic carbocycles. The molecule has 0 aromatic rings. The summed E-state index contributed by atoms with van der Waals surface area (Å²) in [5.74, 6) is 0.913. The Morgan fingerprint density at radius 3 is 2.35 bits per heavy atom. The molecule has 0 aromatic heterocycles. The van der Waals surface area contributed by atoms with E-state index >= 15 is 0 Å². The average molecular weight is 280 g/mol. The smallest absolute Gasteiger partial charge is 0.323 e. The van der Waals surface area contributed by atoms with Gasteiger partial charge in [-0.1, -0.05) is 13.3 Å².